The Morgan fingerprint density at radius 3 is 2.54 bits per heavy atom. The van der Waals surface area contributed by atoms with Crippen molar-refractivity contribution >= 4 is 11.7 Å². The number of hydrogen-bond acceptors (Lipinski definition) is 6. The predicted molar refractivity (Wildman–Crippen MR) is 90.4 cm³/mol. The minimum absolute atomic E-state index is 0.116. The van der Waals surface area contributed by atoms with Crippen molar-refractivity contribution in [2.24, 2.45) is 0 Å². The highest BCUT2D eigenvalue weighted by atomic mass is 16.5. The quantitative estimate of drug-likeness (QED) is 0.810. The first-order valence-electron chi connectivity index (χ1n) is 7.66. The van der Waals surface area contributed by atoms with E-state index >= 15 is 0 Å². The lowest BCUT2D eigenvalue weighted by molar-refractivity contribution is -0.118. The van der Waals surface area contributed by atoms with Crippen LogP contribution in [-0.4, -0.2) is 31.3 Å². The summed E-state index contributed by atoms with van der Waals surface area (Å²) in [6.45, 7) is 5.51. The number of benzene rings is 1. The fraction of sp³-hybridized carbons (Fsp3) is 0.412. The zero-order valence-corrected chi connectivity index (χ0v) is 14.5. The van der Waals surface area contributed by atoms with Crippen molar-refractivity contribution in [3.63, 3.8) is 0 Å². The Kier molecular flexibility index (Phi) is 5.81. The van der Waals surface area contributed by atoms with Gasteiger partial charge in [0.1, 0.15) is 17.3 Å². The van der Waals surface area contributed by atoms with Gasteiger partial charge in [-0.25, -0.2) is 0 Å². The number of nitrogens with one attached hydrogen (secondary N) is 2. The molecule has 2 aromatic rings. The Bertz CT molecular complexity index is 699. The van der Waals surface area contributed by atoms with Gasteiger partial charge in [-0.1, -0.05) is 5.16 Å². The molecular formula is C17H23N3O4. The minimum atomic E-state index is -0.437. The topological polar surface area (TPSA) is 85.6 Å². The number of aryl methyl sites for hydroxylation is 1. The van der Waals surface area contributed by atoms with Crippen LogP contribution in [0.15, 0.2) is 28.8 Å². The van der Waals surface area contributed by atoms with Crippen LogP contribution in [0.2, 0.25) is 0 Å². The average Bonchev–Trinajstić information content (AvgIpc) is 2.98. The number of amides is 1. The highest BCUT2D eigenvalue weighted by molar-refractivity contribution is 5.93. The first-order chi connectivity index (χ1) is 11.4. The van der Waals surface area contributed by atoms with Gasteiger partial charge in [0.2, 0.25) is 5.91 Å². The molecule has 7 heteroatoms. The van der Waals surface area contributed by atoms with Gasteiger partial charge in [0.05, 0.1) is 20.3 Å². The molecule has 7 nitrogen and oxygen atoms in total. The van der Waals surface area contributed by atoms with Crippen molar-refractivity contribution in [1.29, 1.82) is 0 Å². The van der Waals surface area contributed by atoms with Crippen LogP contribution in [0.4, 0.5) is 5.82 Å². The minimum Gasteiger partial charge on any atom is -0.497 e. The normalized spacial score (nSPS) is 13.2. The Morgan fingerprint density at radius 2 is 1.96 bits per heavy atom. The average molecular weight is 333 g/mol. The van der Waals surface area contributed by atoms with Gasteiger partial charge in [-0.15, -0.1) is 0 Å². The van der Waals surface area contributed by atoms with E-state index in [0.29, 0.717) is 11.6 Å². The molecule has 2 N–H and O–H groups in total. The second-order valence-corrected chi connectivity index (χ2v) is 5.53. The number of hydrogen-bond donors (Lipinski definition) is 2. The second-order valence-electron chi connectivity index (χ2n) is 5.53. The van der Waals surface area contributed by atoms with Crippen molar-refractivity contribution in [3.05, 3.63) is 35.6 Å². The van der Waals surface area contributed by atoms with Gasteiger partial charge < -0.3 is 19.3 Å². The van der Waals surface area contributed by atoms with Crippen LogP contribution in [0.3, 0.4) is 0 Å². The highest BCUT2D eigenvalue weighted by Gasteiger charge is 2.20. The van der Waals surface area contributed by atoms with Gasteiger partial charge in [0.15, 0.2) is 5.82 Å². The molecular weight excluding hydrogens is 310 g/mol. The van der Waals surface area contributed by atoms with Crippen molar-refractivity contribution in [3.8, 4) is 11.5 Å². The van der Waals surface area contributed by atoms with Gasteiger partial charge in [0, 0.05) is 17.7 Å². The second kappa shape index (κ2) is 7.83. The lowest BCUT2D eigenvalue weighted by Crippen LogP contribution is -2.39. The molecule has 1 amide bonds. The molecule has 0 spiro atoms. The molecule has 0 aliphatic carbocycles. The summed E-state index contributed by atoms with van der Waals surface area (Å²) in [6, 6.07) is 6.68. The summed E-state index contributed by atoms with van der Waals surface area (Å²) in [7, 11) is 3.22. The molecule has 0 aliphatic rings. The smallest absolute Gasteiger partial charge is 0.242 e. The molecule has 0 bridgehead atoms. The number of nitrogens with zero attached hydrogens (tertiary/aromatic N) is 1. The maximum absolute atomic E-state index is 12.3. The molecule has 0 aliphatic heterocycles. The largest absolute Gasteiger partial charge is 0.497 e. The molecule has 0 fully saturated rings. The summed E-state index contributed by atoms with van der Waals surface area (Å²) >= 11 is 0. The zero-order chi connectivity index (χ0) is 17.7. The van der Waals surface area contributed by atoms with Crippen LogP contribution in [0.1, 0.15) is 31.2 Å². The van der Waals surface area contributed by atoms with Crippen molar-refractivity contribution < 1.29 is 18.8 Å². The fourth-order valence-electron chi connectivity index (χ4n) is 2.38. The lowest BCUT2D eigenvalue weighted by atomic mass is 10.1. The molecule has 0 radical (unpaired) electrons. The number of methoxy groups -OCH3 is 2. The number of carbonyl (C=O) groups is 1. The standard InChI is InChI=1S/C17H23N3O4/c1-10-8-16(20-24-10)19-17(21)12(3)18-11(2)14-9-13(22-4)6-7-15(14)23-5/h6-9,11-12,18H,1-5H3,(H,19,20,21). The van der Waals surface area contributed by atoms with Crippen LogP contribution >= 0.6 is 0 Å². The van der Waals surface area contributed by atoms with Gasteiger partial charge in [-0.2, -0.15) is 0 Å². The van der Waals surface area contributed by atoms with Gasteiger partial charge >= 0.3 is 0 Å². The summed E-state index contributed by atoms with van der Waals surface area (Å²) in [5, 5.41) is 9.71. The maximum atomic E-state index is 12.3. The van der Waals surface area contributed by atoms with Crippen LogP contribution in [0, 0.1) is 6.92 Å². The summed E-state index contributed by atoms with van der Waals surface area (Å²) in [4.78, 5) is 12.3. The molecule has 130 valence electrons. The monoisotopic (exact) mass is 333 g/mol. The van der Waals surface area contributed by atoms with E-state index in [4.69, 9.17) is 14.0 Å². The molecule has 2 unspecified atom stereocenters. The van der Waals surface area contributed by atoms with Gasteiger partial charge in [0.25, 0.3) is 0 Å². The summed E-state index contributed by atoms with van der Waals surface area (Å²) < 4.78 is 15.6. The van der Waals surface area contributed by atoms with E-state index in [1.165, 1.54) is 0 Å². The Labute approximate surface area is 141 Å². The van der Waals surface area contributed by atoms with Crippen molar-refractivity contribution in [2.45, 2.75) is 32.9 Å². The Hall–Kier alpha value is -2.54. The SMILES string of the molecule is COc1ccc(OC)c(C(C)NC(C)C(=O)Nc2cc(C)on2)c1. The third-order valence-electron chi connectivity index (χ3n) is 3.68. The van der Waals surface area contributed by atoms with Crippen LogP contribution < -0.4 is 20.1 Å². The maximum Gasteiger partial charge on any atom is 0.242 e. The number of aromatic nitrogens is 1. The summed E-state index contributed by atoms with van der Waals surface area (Å²) in [5.41, 5.74) is 0.911. The Balaban J connectivity index is 2.05. The van der Waals surface area contributed by atoms with Crippen LogP contribution in [0.25, 0.3) is 0 Å². The molecule has 0 saturated heterocycles. The van der Waals surface area contributed by atoms with E-state index in [0.717, 1.165) is 17.1 Å². The number of anilines is 1. The first-order valence-corrected chi connectivity index (χ1v) is 7.66. The van der Waals surface area contributed by atoms with E-state index < -0.39 is 6.04 Å². The van der Waals surface area contributed by atoms with E-state index in [1.807, 2.05) is 25.1 Å². The molecule has 2 rings (SSSR count). The lowest BCUT2D eigenvalue weighted by Gasteiger charge is -2.21. The fourth-order valence-corrected chi connectivity index (χ4v) is 2.38. The Morgan fingerprint density at radius 1 is 1.21 bits per heavy atom. The number of rotatable bonds is 7. The molecule has 0 saturated carbocycles. The number of ether oxygens (including phenoxy) is 2. The van der Waals surface area contributed by atoms with Crippen LogP contribution in [-0.2, 0) is 4.79 Å². The third-order valence-corrected chi connectivity index (χ3v) is 3.68. The summed E-state index contributed by atoms with van der Waals surface area (Å²) in [5.74, 6) is 2.31. The van der Waals surface area contributed by atoms with Gasteiger partial charge in [-0.05, 0) is 39.0 Å². The molecule has 24 heavy (non-hydrogen) atoms. The van der Waals surface area contributed by atoms with E-state index in [1.54, 1.807) is 34.1 Å². The number of carbonyl (C=O) groups excluding carboxylic acids is 1. The molecule has 2 atom stereocenters. The summed E-state index contributed by atoms with van der Waals surface area (Å²) in [6.07, 6.45) is 0. The van der Waals surface area contributed by atoms with E-state index in [2.05, 4.69) is 15.8 Å². The van der Waals surface area contributed by atoms with Crippen molar-refractivity contribution in [2.75, 3.05) is 19.5 Å². The van der Waals surface area contributed by atoms with Crippen LogP contribution in [0.5, 0.6) is 11.5 Å². The molecule has 1 heterocycles. The van der Waals surface area contributed by atoms with Crippen molar-refractivity contribution in [1.82, 2.24) is 10.5 Å². The molecule has 1 aromatic carbocycles. The zero-order valence-electron chi connectivity index (χ0n) is 14.5. The first kappa shape index (κ1) is 17.8. The molecule has 1 aromatic heterocycles. The predicted octanol–water partition coefficient (Wildman–Crippen LogP) is 2.68. The van der Waals surface area contributed by atoms with E-state index in [-0.39, 0.29) is 11.9 Å². The van der Waals surface area contributed by atoms with Gasteiger partial charge in [-0.3, -0.25) is 10.1 Å². The van der Waals surface area contributed by atoms with E-state index in [9.17, 15) is 4.79 Å². The third kappa shape index (κ3) is 4.26. The highest BCUT2D eigenvalue weighted by Crippen LogP contribution is 2.29.